The maximum absolute atomic E-state index is 10.4. The predicted octanol–water partition coefficient (Wildman–Crippen LogP) is 3.72. The number of fused-ring (bicyclic) bond motifs is 1. The molecule has 0 aliphatic carbocycles. The van der Waals surface area contributed by atoms with Crippen LogP contribution in [0, 0.1) is 0 Å². The summed E-state index contributed by atoms with van der Waals surface area (Å²) in [5.41, 5.74) is 7.83. The minimum Gasteiger partial charge on any atom is -0.324 e. The van der Waals surface area contributed by atoms with Crippen LogP contribution in [0.15, 0.2) is 18.2 Å². The van der Waals surface area contributed by atoms with E-state index >= 15 is 0 Å². The summed E-state index contributed by atoms with van der Waals surface area (Å²) in [7, 11) is 0. The van der Waals surface area contributed by atoms with E-state index in [4.69, 9.17) is 22.1 Å². The Balaban J connectivity index is 0.000000258. The van der Waals surface area contributed by atoms with Crippen LogP contribution in [0.3, 0.4) is 0 Å². The highest BCUT2D eigenvalue weighted by molar-refractivity contribution is 7.22. The van der Waals surface area contributed by atoms with Crippen molar-refractivity contribution in [3.8, 4) is 0 Å². The lowest BCUT2D eigenvalue weighted by Crippen LogP contribution is -2.07. The number of halogens is 4. The number of aldehydes is 1. The van der Waals surface area contributed by atoms with Gasteiger partial charge >= 0.3 is 6.18 Å². The van der Waals surface area contributed by atoms with Crippen molar-refractivity contribution in [1.82, 2.24) is 4.98 Å². The molecule has 0 saturated heterocycles. The van der Waals surface area contributed by atoms with Crippen LogP contribution in [0.25, 0.3) is 10.2 Å². The Morgan fingerprint density at radius 3 is 2.53 bits per heavy atom. The number of carbonyl (C=O) groups is 1. The van der Waals surface area contributed by atoms with Crippen LogP contribution in [0.4, 0.5) is 13.2 Å². The number of nitrogens with two attached hydrogens (primary N) is 1. The Kier molecular flexibility index (Phi) is 5.28. The normalized spacial score (nSPS) is 12.7. The lowest BCUT2D eigenvalue weighted by molar-refractivity contribution is -0.156. The van der Waals surface area contributed by atoms with Gasteiger partial charge in [0.2, 0.25) is 6.29 Å². The molecule has 1 atom stereocenters. The summed E-state index contributed by atoms with van der Waals surface area (Å²) in [5.74, 6) is 0. The lowest BCUT2D eigenvalue weighted by Gasteiger charge is -2.03. The summed E-state index contributed by atoms with van der Waals surface area (Å²) in [6, 6.07) is 6.05. The van der Waals surface area contributed by atoms with Crippen molar-refractivity contribution in [2.45, 2.75) is 19.1 Å². The second kappa shape index (κ2) is 6.31. The van der Waals surface area contributed by atoms with Gasteiger partial charge in [-0.2, -0.15) is 13.2 Å². The van der Waals surface area contributed by atoms with E-state index in [0.29, 0.717) is 4.47 Å². The molecule has 1 unspecified atom stereocenters. The van der Waals surface area contributed by atoms with Gasteiger partial charge in [-0.05, 0) is 24.6 Å². The number of carbonyl (C=O) groups excluding carboxylic acids is 1. The Labute approximate surface area is 116 Å². The minimum absolute atomic E-state index is 0.0604. The Morgan fingerprint density at radius 1 is 1.47 bits per heavy atom. The SMILES string of the molecule is CC(N)c1ccc2nc(Cl)sc2c1.O=CC(F)(F)F. The molecular formula is C11H10ClF3N2OS. The van der Waals surface area contributed by atoms with Crippen LogP contribution in [-0.4, -0.2) is 17.4 Å². The summed E-state index contributed by atoms with van der Waals surface area (Å²) in [5, 5.41) is 0. The molecule has 0 amide bonds. The molecule has 2 N–H and O–H groups in total. The van der Waals surface area contributed by atoms with Gasteiger partial charge in [-0.1, -0.05) is 17.7 Å². The van der Waals surface area contributed by atoms with Crippen LogP contribution in [0.1, 0.15) is 18.5 Å². The van der Waals surface area contributed by atoms with Gasteiger partial charge in [0.15, 0.2) is 4.47 Å². The second-order valence-corrected chi connectivity index (χ2v) is 5.25. The standard InChI is InChI=1S/C9H9ClN2S.C2HF3O/c1-5(11)6-2-3-7-8(4-6)13-9(10)12-7;3-2(4,5)1-6/h2-5H,11H2,1H3;1H. The van der Waals surface area contributed by atoms with Crippen LogP contribution < -0.4 is 5.73 Å². The van der Waals surface area contributed by atoms with Crippen LogP contribution >= 0.6 is 22.9 Å². The fourth-order valence-electron chi connectivity index (χ4n) is 1.20. The number of hydrogen-bond donors (Lipinski definition) is 1. The van der Waals surface area contributed by atoms with Crippen LogP contribution in [0.2, 0.25) is 4.47 Å². The molecule has 0 spiro atoms. The first-order valence-corrected chi connectivity index (χ1v) is 6.27. The van der Waals surface area contributed by atoms with Crippen molar-refractivity contribution in [2.24, 2.45) is 5.73 Å². The van der Waals surface area contributed by atoms with Gasteiger partial charge in [0.25, 0.3) is 0 Å². The highest BCUT2D eigenvalue weighted by Gasteiger charge is 2.24. The largest absolute Gasteiger partial charge is 0.446 e. The van der Waals surface area contributed by atoms with Gasteiger partial charge in [0, 0.05) is 6.04 Å². The number of thiazole rings is 1. The lowest BCUT2D eigenvalue weighted by atomic mass is 10.1. The summed E-state index contributed by atoms with van der Waals surface area (Å²) in [6.45, 7) is 1.96. The van der Waals surface area contributed by atoms with Crippen LogP contribution in [0.5, 0.6) is 0 Å². The molecule has 8 heteroatoms. The minimum atomic E-state index is -4.64. The molecule has 0 aliphatic heterocycles. The molecule has 1 heterocycles. The first-order chi connectivity index (χ1) is 8.73. The highest BCUT2D eigenvalue weighted by Crippen LogP contribution is 2.27. The Morgan fingerprint density at radius 2 is 2.05 bits per heavy atom. The molecule has 1 aromatic carbocycles. The van der Waals surface area contributed by atoms with Gasteiger partial charge in [-0.15, -0.1) is 11.3 Å². The number of rotatable bonds is 1. The van der Waals surface area contributed by atoms with Gasteiger partial charge in [0.05, 0.1) is 10.2 Å². The average Bonchev–Trinajstić information content (AvgIpc) is 2.67. The molecule has 2 rings (SSSR count). The highest BCUT2D eigenvalue weighted by atomic mass is 35.5. The third kappa shape index (κ3) is 5.14. The van der Waals surface area contributed by atoms with E-state index in [1.807, 2.05) is 25.1 Å². The van der Waals surface area contributed by atoms with Crippen molar-refractivity contribution in [2.75, 3.05) is 0 Å². The quantitative estimate of drug-likeness (QED) is 0.817. The number of benzene rings is 1. The monoisotopic (exact) mass is 310 g/mol. The molecule has 0 fully saturated rings. The number of nitrogens with zero attached hydrogens (tertiary/aromatic N) is 1. The van der Waals surface area contributed by atoms with Crippen molar-refractivity contribution in [3.05, 3.63) is 28.2 Å². The fraction of sp³-hybridized carbons (Fsp3) is 0.273. The summed E-state index contributed by atoms with van der Waals surface area (Å²) < 4.78 is 32.9. The smallest absolute Gasteiger partial charge is 0.324 e. The van der Waals surface area contributed by atoms with E-state index in [2.05, 4.69) is 4.98 Å². The van der Waals surface area contributed by atoms with Gasteiger partial charge in [-0.3, -0.25) is 4.79 Å². The zero-order chi connectivity index (χ0) is 14.6. The van der Waals surface area contributed by atoms with E-state index in [0.717, 1.165) is 15.8 Å². The molecule has 0 bridgehead atoms. The number of aromatic nitrogens is 1. The van der Waals surface area contributed by atoms with E-state index < -0.39 is 12.5 Å². The molecule has 1 aromatic heterocycles. The van der Waals surface area contributed by atoms with Crippen molar-refractivity contribution in [1.29, 1.82) is 0 Å². The van der Waals surface area contributed by atoms with E-state index in [1.165, 1.54) is 11.3 Å². The number of hydrogen-bond acceptors (Lipinski definition) is 4. The molecule has 0 saturated carbocycles. The molecule has 2 aromatic rings. The van der Waals surface area contributed by atoms with Gasteiger partial charge in [0.1, 0.15) is 0 Å². The molecule has 0 aliphatic rings. The average molecular weight is 311 g/mol. The molecule has 3 nitrogen and oxygen atoms in total. The van der Waals surface area contributed by atoms with Gasteiger partial charge < -0.3 is 5.73 Å². The van der Waals surface area contributed by atoms with E-state index in [-0.39, 0.29) is 6.04 Å². The van der Waals surface area contributed by atoms with E-state index in [9.17, 15) is 13.2 Å². The first-order valence-electron chi connectivity index (χ1n) is 5.07. The van der Waals surface area contributed by atoms with Gasteiger partial charge in [-0.25, -0.2) is 4.98 Å². The molecule has 104 valence electrons. The van der Waals surface area contributed by atoms with Crippen molar-refractivity contribution in [3.63, 3.8) is 0 Å². The predicted molar refractivity (Wildman–Crippen MR) is 69.4 cm³/mol. The number of alkyl halides is 3. The van der Waals surface area contributed by atoms with Crippen molar-refractivity contribution < 1.29 is 18.0 Å². The Bertz CT molecular complexity index is 569. The maximum Gasteiger partial charge on any atom is 0.446 e. The summed E-state index contributed by atoms with van der Waals surface area (Å²) in [4.78, 5) is 12.9. The van der Waals surface area contributed by atoms with Crippen molar-refractivity contribution >= 4 is 39.4 Å². The van der Waals surface area contributed by atoms with E-state index in [1.54, 1.807) is 0 Å². The third-order valence-corrected chi connectivity index (χ3v) is 3.17. The molecule has 19 heavy (non-hydrogen) atoms. The molecule has 0 radical (unpaired) electrons. The second-order valence-electron chi connectivity index (χ2n) is 3.64. The third-order valence-electron chi connectivity index (χ3n) is 2.05. The zero-order valence-electron chi connectivity index (χ0n) is 9.74. The fourth-order valence-corrected chi connectivity index (χ4v) is 2.28. The zero-order valence-corrected chi connectivity index (χ0v) is 11.3. The molecular weight excluding hydrogens is 301 g/mol. The summed E-state index contributed by atoms with van der Waals surface area (Å²) >= 11 is 7.27. The van der Waals surface area contributed by atoms with Crippen LogP contribution in [-0.2, 0) is 4.79 Å². The first kappa shape index (κ1) is 15.9. The topological polar surface area (TPSA) is 56.0 Å². The maximum atomic E-state index is 10.4. The summed E-state index contributed by atoms with van der Waals surface area (Å²) in [6.07, 6.45) is -5.70. The Hall–Kier alpha value is -1.18.